The fraction of sp³-hybridized carbons (Fsp3) is 0.462. The molecule has 0 radical (unpaired) electrons. The van der Waals surface area contributed by atoms with Crippen molar-refractivity contribution < 1.29 is 14.1 Å². The van der Waals surface area contributed by atoms with Crippen molar-refractivity contribution >= 4 is 27.5 Å². The van der Waals surface area contributed by atoms with E-state index in [1.807, 2.05) is 13.8 Å². The lowest BCUT2D eigenvalue weighted by atomic mass is 9.90. The Morgan fingerprint density at radius 2 is 2.15 bits per heavy atom. The van der Waals surface area contributed by atoms with Gasteiger partial charge in [0.2, 0.25) is 0 Å². The third-order valence-corrected chi connectivity index (χ3v) is 3.30. The Morgan fingerprint density at radius 3 is 2.70 bits per heavy atom. The molecule has 0 aromatic heterocycles. The van der Waals surface area contributed by atoms with Crippen LogP contribution in [0.15, 0.2) is 18.2 Å². The minimum Gasteiger partial charge on any atom is -0.351 e. The molecule has 5 nitrogen and oxygen atoms in total. The van der Waals surface area contributed by atoms with Gasteiger partial charge in [0.05, 0.1) is 4.92 Å². The zero-order valence-corrected chi connectivity index (χ0v) is 12.9. The number of amides is 1. The molecule has 0 heterocycles. The highest BCUT2D eigenvalue weighted by molar-refractivity contribution is 9.09. The predicted octanol–water partition coefficient (Wildman–Crippen LogP) is 3.27. The van der Waals surface area contributed by atoms with Crippen LogP contribution >= 0.6 is 15.9 Å². The predicted molar refractivity (Wildman–Crippen MR) is 77.6 cm³/mol. The van der Waals surface area contributed by atoms with Crippen LogP contribution in [0.5, 0.6) is 0 Å². The lowest BCUT2D eigenvalue weighted by Gasteiger charge is -2.23. The van der Waals surface area contributed by atoms with Crippen LogP contribution in [0.1, 0.15) is 30.6 Å². The van der Waals surface area contributed by atoms with Gasteiger partial charge in [-0.25, -0.2) is 4.39 Å². The molecule has 20 heavy (non-hydrogen) atoms. The number of benzene rings is 1. The fourth-order valence-corrected chi connectivity index (χ4v) is 2.68. The normalized spacial score (nSPS) is 11.2. The van der Waals surface area contributed by atoms with Gasteiger partial charge in [0, 0.05) is 17.9 Å². The SMILES string of the molecule is CC(C)(CCBr)CNC(=O)c1cc(F)ccc1[N+](=O)[O-]. The third kappa shape index (κ3) is 4.56. The minimum atomic E-state index is -0.696. The summed E-state index contributed by atoms with van der Waals surface area (Å²) >= 11 is 3.33. The molecule has 0 unspecified atom stereocenters. The quantitative estimate of drug-likeness (QED) is 0.488. The molecule has 1 rings (SSSR count). The van der Waals surface area contributed by atoms with Gasteiger partial charge in [-0.05, 0) is 24.0 Å². The number of nitrogens with one attached hydrogen (secondary N) is 1. The first-order valence-electron chi connectivity index (χ1n) is 6.05. The molecule has 0 spiro atoms. The first-order valence-corrected chi connectivity index (χ1v) is 7.17. The summed E-state index contributed by atoms with van der Waals surface area (Å²) in [7, 11) is 0. The smallest absolute Gasteiger partial charge is 0.282 e. The maximum absolute atomic E-state index is 13.2. The van der Waals surface area contributed by atoms with Crippen LogP contribution in [0.4, 0.5) is 10.1 Å². The Kier molecular flexibility index (Phi) is 5.62. The van der Waals surface area contributed by atoms with E-state index < -0.39 is 22.3 Å². The lowest BCUT2D eigenvalue weighted by molar-refractivity contribution is -0.385. The summed E-state index contributed by atoms with van der Waals surface area (Å²) in [4.78, 5) is 22.1. The molecule has 0 aliphatic heterocycles. The first-order chi connectivity index (χ1) is 9.26. The summed E-state index contributed by atoms with van der Waals surface area (Å²) in [5.74, 6) is -1.32. The standard InChI is InChI=1S/C13H16BrFN2O3/c1-13(2,5-6-14)8-16-12(18)10-7-9(15)3-4-11(10)17(19)20/h3-4,7H,5-6,8H2,1-2H3,(H,16,18). The minimum absolute atomic E-state index is 0.152. The maximum Gasteiger partial charge on any atom is 0.282 e. The van der Waals surface area contributed by atoms with Crippen LogP contribution in [-0.4, -0.2) is 22.7 Å². The summed E-state index contributed by atoms with van der Waals surface area (Å²) < 4.78 is 13.2. The van der Waals surface area contributed by atoms with Crippen molar-refractivity contribution in [2.75, 3.05) is 11.9 Å². The van der Waals surface area contributed by atoms with Crippen molar-refractivity contribution in [1.82, 2.24) is 5.32 Å². The maximum atomic E-state index is 13.2. The van der Waals surface area contributed by atoms with E-state index in [-0.39, 0.29) is 11.0 Å². The van der Waals surface area contributed by atoms with Gasteiger partial charge in [-0.3, -0.25) is 14.9 Å². The van der Waals surface area contributed by atoms with Crippen molar-refractivity contribution in [2.24, 2.45) is 5.41 Å². The van der Waals surface area contributed by atoms with Gasteiger partial charge in [-0.15, -0.1) is 0 Å². The van der Waals surface area contributed by atoms with Crippen LogP contribution in [0.3, 0.4) is 0 Å². The van der Waals surface area contributed by atoms with Gasteiger partial charge < -0.3 is 5.32 Å². The zero-order chi connectivity index (χ0) is 15.3. The van der Waals surface area contributed by atoms with Crippen LogP contribution < -0.4 is 5.32 Å². The van der Waals surface area contributed by atoms with Gasteiger partial charge in [-0.2, -0.15) is 0 Å². The number of nitro groups is 1. The van der Waals surface area contributed by atoms with E-state index in [9.17, 15) is 19.3 Å². The molecule has 0 atom stereocenters. The molecule has 1 N–H and O–H groups in total. The molecule has 0 saturated carbocycles. The number of carbonyl (C=O) groups excluding carboxylic acids is 1. The molecule has 1 aromatic carbocycles. The molecule has 0 aliphatic rings. The number of carbonyl (C=O) groups is 1. The van der Waals surface area contributed by atoms with Crippen LogP contribution in [0.25, 0.3) is 0 Å². The van der Waals surface area contributed by atoms with E-state index in [4.69, 9.17) is 0 Å². The molecule has 0 bridgehead atoms. The van der Waals surface area contributed by atoms with Gasteiger partial charge in [0.15, 0.2) is 0 Å². The number of alkyl halides is 1. The highest BCUT2D eigenvalue weighted by Crippen LogP contribution is 2.22. The van der Waals surface area contributed by atoms with E-state index in [1.165, 1.54) is 0 Å². The van der Waals surface area contributed by atoms with Crippen LogP contribution in [-0.2, 0) is 0 Å². The fourth-order valence-electron chi connectivity index (χ4n) is 1.61. The average molecular weight is 347 g/mol. The molecule has 1 aromatic rings. The molecule has 0 saturated heterocycles. The Labute approximate surface area is 124 Å². The van der Waals surface area contributed by atoms with Crippen molar-refractivity contribution in [1.29, 1.82) is 0 Å². The Bertz CT molecular complexity index is 520. The molecule has 110 valence electrons. The molecule has 1 amide bonds. The summed E-state index contributed by atoms with van der Waals surface area (Å²) in [5, 5.41) is 14.2. The number of hydrogen-bond donors (Lipinski definition) is 1. The van der Waals surface area contributed by atoms with Crippen molar-refractivity contribution in [3.8, 4) is 0 Å². The Balaban J connectivity index is 2.87. The molecule has 7 heteroatoms. The number of nitro benzene ring substituents is 1. The monoisotopic (exact) mass is 346 g/mol. The number of rotatable bonds is 6. The molecular formula is C13H16BrFN2O3. The van der Waals surface area contributed by atoms with E-state index in [0.717, 1.165) is 30.0 Å². The lowest BCUT2D eigenvalue weighted by Crippen LogP contribution is -2.34. The van der Waals surface area contributed by atoms with E-state index in [0.29, 0.717) is 6.54 Å². The van der Waals surface area contributed by atoms with Gasteiger partial charge in [-0.1, -0.05) is 29.8 Å². The second kappa shape index (κ2) is 6.78. The van der Waals surface area contributed by atoms with E-state index in [1.54, 1.807) is 0 Å². The van der Waals surface area contributed by atoms with E-state index >= 15 is 0 Å². The zero-order valence-electron chi connectivity index (χ0n) is 11.3. The molecule has 0 fully saturated rings. The van der Waals surface area contributed by atoms with Crippen molar-refractivity contribution in [3.63, 3.8) is 0 Å². The summed E-state index contributed by atoms with van der Waals surface area (Å²) in [5.41, 5.74) is -0.812. The first kappa shape index (κ1) is 16.6. The Morgan fingerprint density at radius 1 is 1.50 bits per heavy atom. The van der Waals surface area contributed by atoms with Gasteiger partial charge >= 0.3 is 0 Å². The molecular weight excluding hydrogens is 331 g/mol. The molecule has 0 aliphatic carbocycles. The highest BCUT2D eigenvalue weighted by Gasteiger charge is 2.23. The largest absolute Gasteiger partial charge is 0.351 e. The average Bonchev–Trinajstić information content (AvgIpc) is 2.35. The Hall–Kier alpha value is -1.50. The summed E-state index contributed by atoms with van der Waals surface area (Å²) in [6.07, 6.45) is 0.832. The second-order valence-electron chi connectivity index (χ2n) is 5.20. The highest BCUT2D eigenvalue weighted by atomic mass is 79.9. The van der Waals surface area contributed by atoms with Gasteiger partial charge in [0.1, 0.15) is 11.4 Å². The third-order valence-electron chi connectivity index (χ3n) is 2.90. The second-order valence-corrected chi connectivity index (χ2v) is 6.00. The van der Waals surface area contributed by atoms with Crippen molar-refractivity contribution in [2.45, 2.75) is 20.3 Å². The van der Waals surface area contributed by atoms with Crippen LogP contribution in [0, 0.1) is 21.3 Å². The van der Waals surface area contributed by atoms with Crippen LogP contribution in [0.2, 0.25) is 0 Å². The number of hydrogen-bond acceptors (Lipinski definition) is 3. The van der Waals surface area contributed by atoms with Crippen molar-refractivity contribution in [3.05, 3.63) is 39.7 Å². The van der Waals surface area contributed by atoms with E-state index in [2.05, 4.69) is 21.2 Å². The number of halogens is 2. The summed E-state index contributed by atoms with van der Waals surface area (Å²) in [6, 6.07) is 2.84. The van der Waals surface area contributed by atoms with Gasteiger partial charge in [0.25, 0.3) is 11.6 Å². The number of nitrogens with zero attached hydrogens (tertiary/aromatic N) is 1. The topological polar surface area (TPSA) is 72.2 Å². The summed E-state index contributed by atoms with van der Waals surface area (Å²) in [6.45, 7) is 4.29.